The average Bonchev–Trinajstić information content (AvgIpc) is 3.07. The third kappa shape index (κ3) is 4.03. The quantitative estimate of drug-likeness (QED) is 0.653. The zero-order valence-corrected chi connectivity index (χ0v) is 15.1. The second-order valence-electron chi connectivity index (χ2n) is 7.14. The van der Waals surface area contributed by atoms with Gasteiger partial charge in [-0.3, -0.25) is 14.0 Å². The van der Waals surface area contributed by atoms with Crippen LogP contribution >= 0.6 is 0 Å². The summed E-state index contributed by atoms with van der Waals surface area (Å²) in [5.74, 6) is -1.41. The van der Waals surface area contributed by atoms with Crippen molar-refractivity contribution >= 4 is 23.0 Å². The molecule has 0 saturated heterocycles. The Labute approximate surface area is 155 Å². The maximum Gasteiger partial charge on any atom is 0.274 e. The van der Waals surface area contributed by atoms with Crippen LogP contribution < -0.4 is 5.32 Å². The number of aromatic nitrogens is 2. The number of nitrogens with one attached hydrogen (secondary N) is 1. The molecular weight excluding hydrogens is 349 g/mol. The smallest absolute Gasteiger partial charge is 0.274 e. The second-order valence-corrected chi connectivity index (χ2v) is 7.14. The minimum Gasteiger partial charge on any atom is -0.396 e. The van der Waals surface area contributed by atoms with E-state index < -0.39 is 17.1 Å². The van der Waals surface area contributed by atoms with Gasteiger partial charge in [0.25, 0.3) is 5.91 Å². The summed E-state index contributed by atoms with van der Waals surface area (Å²) in [4.78, 5) is 29.1. The average molecular weight is 369 g/mol. The number of halogens is 1. The Hall–Kier alpha value is -3.06. The number of carbonyl (C=O) groups is 2. The number of benzene rings is 1. The van der Waals surface area contributed by atoms with E-state index in [1.165, 1.54) is 18.3 Å². The van der Waals surface area contributed by atoms with Gasteiger partial charge in [0.05, 0.1) is 11.9 Å². The first-order chi connectivity index (χ1) is 12.8. The fraction of sp³-hybridized carbons (Fsp3) is 0.250. The van der Waals surface area contributed by atoms with Gasteiger partial charge in [0, 0.05) is 24.8 Å². The molecule has 0 aliphatic carbocycles. The van der Waals surface area contributed by atoms with E-state index in [4.69, 9.17) is 0 Å². The van der Waals surface area contributed by atoms with Crippen molar-refractivity contribution in [1.29, 1.82) is 0 Å². The van der Waals surface area contributed by atoms with Crippen LogP contribution in [0.1, 0.15) is 41.1 Å². The molecule has 2 heterocycles. The normalized spacial score (nSPS) is 11.6. The van der Waals surface area contributed by atoms with Gasteiger partial charge in [-0.05, 0) is 35.7 Å². The number of imidazole rings is 1. The highest BCUT2D eigenvalue weighted by molar-refractivity contribution is 6.04. The van der Waals surface area contributed by atoms with Crippen molar-refractivity contribution in [3.8, 4) is 0 Å². The molecule has 3 rings (SSSR count). The van der Waals surface area contributed by atoms with E-state index in [1.807, 2.05) is 0 Å². The molecule has 2 aromatic heterocycles. The predicted octanol–water partition coefficient (Wildman–Crippen LogP) is 3.32. The van der Waals surface area contributed by atoms with E-state index in [-0.39, 0.29) is 35.8 Å². The molecule has 2 N–H and O–H groups in total. The Morgan fingerprint density at radius 1 is 1.26 bits per heavy atom. The SMILES string of the molecule is CC(C)(CO)CC(=O)c1ccc(F)c(NC(=O)c2cnc3ccccn23)c1. The van der Waals surface area contributed by atoms with Crippen molar-refractivity contribution in [1.82, 2.24) is 9.38 Å². The number of nitrogens with zero attached hydrogens (tertiary/aromatic N) is 2. The molecule has 1 amide bonds. The van der Waals surface area contributed by atoms with Crippen LogP contribution in [0.15, 0.2) is 48.8 Å². The summed E-state index contributed by atoms with van der Waals surface area (Å²) in [5.41, 5.74) is 0.456. The lowest BCUT2D eigenvalue weighted by Crippen LogP contribution is -2.21. The van der Waals surface area contributed by atoms with Gasteiger partial charge >= 0.3 is 0 Å². The van der Waals surface area contributed by atoms with Crippen LogP contribution in [-0.2, 0) is 0 Å². The van der Waals surface area contributed by atoms with E-state index >= 15 is 0 Å². The molecule has 0 bridgehead atoms. The summed E-state index contributed by atoms with van der Waals surface area (Å²) in [7, 11) is 0. The maximum absolute atomic E-state index is 14.2. The molecule has 0 atom stereocenters. The number of fused-ring (bicyclic) bond motifs is 1. The molecule has 0 aliphatic rings. The summed E-state index contributed by atoms with van der Waals surface area (Å²) < 4.78 is 15.8. The number of carbonyl (C=O) groups excluding carboxylic acids is 2. The van der Waals surface area contributed by atoms with Crippen LogP contribution in [-0.4, -0.2) is 32.8 Å². The lowest BCUT2D eigenvalue weighted by molar-refractivity contribution is 0.0858. The molecule has 0 aliphatic heterocycles. The number of rotatable bonds is 6. The van der Waals surface area contributed by atoms with Gasteiger partial charge in [-0.15, -0.1) is 0 Å². The number of anilines is 1. The van der Waals surface area contributed by atoms with Crippen molar-refractivity contribution in [2.24, 2.45) is 5.41 Å². The summed E-state index contributed by atoms with van der Waals surface area (Å²) in [6.45, 7) is 3.39. The third-order valence-electron chi connectivity index (χ3n) is 4.25. The zero-order valence-electron chi connectivity index (χ0n) is 15.1. The fourth-order valence-corrected chi connectivity index (χ4v) is 2.67. The van der Waals surface area contributed by atoms with Crippen LogP contribution in [0.2, 0.25) is 0 Å². The van der Waals surface area contributed by atoms with Crippen molar-refractivity contribution in [2.75, 3.05) is 11.9 Å². The van der Waals surface area contributed by atoms with Gasteiger partial charge < -0.3 is 10.4 Å². The number of hydrogen-bond acceptors (Lipinski definition) is 4. The lowest BCUT2D eigenvalue weighted by atomic mass is 9.86. The predicted molar refractivity (Wildman–Crippen MR) is 99.4 cm³/mol. The van der Waals surface area contributed by atoms with Crippen molar-refractivity contribution < 1.29 is 19.1 Å². The first-order valence-corrected chi connectivity index (χ1v) is 8.48. The molecule has 140 valence electrons. The number of ketones is 1. The first kappa shape index (κ1) is 18.7. The zero-order chi connectivity index (χ0) is 19.6. The van der Waals surface area contributed by atoms with Gasteiger partial charge in [-0.25, -0.2) is 9.37 Å². The Balaban J connectivity index is 1.84. The van der Waals surface area contributed by atoms with E-state index in [0.29, 0.717) is 5.65 Å². The van der Waals surface area contributed by atoms with E-state index in [9.17, 15) is 19.1 Å². The minimum absolute atomic E-state index is 0.0847. The van der Waals surface area contributed by atoms with Crippen LogP contribution in [0, 0.1) is 11.2 Å². The number of aliphatic hydroxyl groups excluding tert-OH is 1. The van der Waals surface area contributed by atoms with Crippen LogP contribution in [0.4, 0.5) is 10.1 Å². The van der Waals surface area contributed by atoms with E-state index in [0.717, 1.165) is 6.07 Å². The molecule has 1 aromatic carbocycles. The highest BCUT2D eigenvalue weighted by atomic mass is 19.1. The number of aliphatic hydroxyl groups is 1. The van der Waals surface area contributed by atoms with Crippen molar-refractivity contribution in [2.45, 2.75) is 20.3 Å². The Morgan fingerprint density at radius 2 is 2.04 bits per heavy atom. The lowest BCUT2D eigenvalue weighted by Gasteiger charge is -2.20. The second kappa shape index (κ2) is 7.28. The first-order valence-electron chi connectivity index (χ1n) is 8.48. The van der Waals surface area contributed by atoms with Crippen LogP contribution in [0.5, 0.6) is 0 Å². The fourth-order valence-electron chi connectivity index (χ4n) is 2.67. The minimum atomic E-state index is -0.643. The summed E-state index contributed by atoms with van der Waals surface area (Å²) >= 11 is 0. The Morgan fingerprint density at radius 3 is 2.78 bits per heavy atom. The molecule has 0 radical (unpaired) electrons. The van der Waals surface area contributed by atoms with Gasteiger partial charge in [0.1, 0.15) is 17.2 Å². The number of pyridine rings is 1. The number of Topliss-reactive ketones (excluding diaryl/α,β-unsaturated/α-hetero) is 1. The third-order valence-corrected chi connectivity index (χ3v) is 4.25. The molecule has 0 unspecified atom stereocenters. The number of hydrogen-bond donors (Lipinski definition) is 2. The highest BCUT2D eigenvalue weighted by Crippen LogP contribution is 2.24. The molecule has 0 fully saturated rings. The maximum atomic E-state index is 14.2. The van der Waals surface area contributed by atoms with E-state index in [1.54, 1.807) is 42.6 Å². The molecular formula is C20H20FN3O3. The molecule has 0 saturated carbocycles. The summed E-state index contributed by atoms with van der Waals surface area (Å²) in [6.07, 6.45) is 3.20. The standard InChI is InChI=1S/C20H20FN3O3/c1-20(2,12-25)10-17(26)13-6-7-14(21)15(9-13)23-19(27)16-11-22-18-5-3-4-8-24(16)18/h3-9,11,25H,10,12H2,1-2H3,(H,23,27). The van der Waals surface area contributed by atoms with Crippen molar-refractivity contribution in [3.05, 3.63) is 65.9 Å². The van der Waals surface area contributed by atoms with Crippen molar-refractivity contribution in [3.63, 3.8) is 0 Å². The number of amides is 1. The summed E-state index contributed by atoms with van der Waals surface area (Å²) in [5, 5.41) is 11.8. The van der Waals surface area contributed by atoms with Gasteiger partial charge in [-0.2, -0.15) is 0 Å². The van der Waals surface area contributed by atoms with Gasteiger partial charge in [-0.1, -0.05) is 19.9 Å². The Kier molecular flexibility index (Phi) is 5.05. The van der Waals surface area contributed by atoms with Gasteiger partial charge in [0.2, 0.25) is 0 Å². The monoisotopic (exact) mass is 369 g/mol. The molecule has 7 heteroatoms. The molecule has 6 nitrogen and oxygen atoms in total. The van der Waals surface area contributed by atoms with Gasteiger partial charge in [0.15, 0.2) is 5.78 Å². The molecule has 27 heavy (non-hydrogen) atoms. The molecule has 3 aromatic rings. The van der Waals surface area contributed by atoms with Crippen LogP contribution in [0.25, 0.3) is 5.65 Å². The van der Waals surface area contributed by atoms with E-state index in [2.05, 4.69) is 10.3 Å². The Bertz CT molecular complexity index is 1010. The largest absolute Gasteiger partial charge is 0.396 e. The highest BCUT2D eigenvalue weighted by Gasteiger charge is 2.23. The topological polar surface area (TPSA) is 83.7 Å². The molecule has 0 spiro atoms. The summed E-state index contributed by atoms with van der Waals surface area (Å²) in [6, 6.07) is 9.13. The van der Waals surface area contributed by atoms with Crippen LogP contribution in [0.3, 0.4) is 0 Å².